The molecule has 2 aliphatic rings. The number of carbonyl (C=O) groups excluding carboxylic acids is 1. The van der Waals surface area contributed by atoms with E-state index in [4.69, 9.17) is 22.7 Å². The molecular weight excluding hydrogens is 224 g/mol. The molecule has 0 aliphatic heterocycles. The molecule has 3 N–H and O–H groups in total. The van der Waals surface area contributed by atoms with Crippen LogP contribution in [0.3, 0.4) is 0 Å². The summed E-state index contributed by atoms with van der Waals surface area (Å²) in [6.45, 7) is 1.96. The predicted octanol–water partition coefficient (Wildman–Crippen LogP) is 0.595. The number of amides is 1. The fraction of sp³-hybridized carbons (Fsp3) is 0.818. The van der Waals surface area contributed by atoms with Crippen molar-refractivity contribution in [3.63, 3.8) is 0 Å². The molecule has 0 radical (unpaired) electrons. The van der Waals surface area contributed by atoms with E-state index in [0.717, 1.165) is 25.4 Å². The van der Waals surface area contributed by atoms with E-state index in [9.17, 15) is 4.79 Å². The van der Waals surface area contributed by atoms with Gasteiger partial charge in [0.05, 0.1) is 17.0 Å². The van der Waals surface area contributed by atoms with Crippen molar-refractivity contribution < 1.29 is 9.53 Å². The highest BCUT2D eigenvalue weighted by molar-refractivity contribution is 7.80. The lowest BCUT2D eigenvalue weighted by molar-refractivity contribution is -0.124. The third-order valence-corrected chi connectivity index (χ3v) is 3.63. The SMILES string of the molecule is NC(=S)C1(C(=O)NCCOCC2CC2)CC1. The number of hydrogen-bond donors (Lipinski definition) is 2. The van der Waals surface area contributed by atoms with Gasteiger partial charge in [0.1, 0.15) is 0 Å². The van der Waals surface area contributed by atoms with Gasteiger partial charge < -0.3 is 15.8 Å². The topological polar surface area (TPSA) is 64.4 Å². The van der Waals surface area contributed by atoms with Crippen molar-refractivity contribution in [3.8, 4) is 0 Å². The lowest BCUT2D eigenvalue weighted by Crippen LogP contribution is -2.40. The molecule has 5 heteroatoms. The molecule has 2 rings (SSSR count). The van der Waals surface area contributed by atoms with E-state index in [-0.39, 0.29) is 5.91 Å². The molecule has 2 aliphatic carbocycles. The summed E-state index contributed by atoms with van der Waals surface area (Å²) < 4.78 is 5.42. The van der Waals surface area contributed by atoms with Gasteiger partial charge in [-0.25, -0.2) is 0 Å². The molecule has 2 saturated carbocycles. The third kappa shape index (κ3) is 2.71. The van der Waals surface area contributed by atoms with Crippen LogP contribution in [0.4, 0.5) is 0 Å². The molecule has 2 fully saturated rings. The van der Waals surface area contributed by atoms with Crippen molar-refractivity contribution in [3.05, 3.63) is 0 Å². The highest BCUT2D eigenvalue weighted by Crippen LogP contribution is 2.46. The maximum Gasteiger partial charge on any atom is 0.233 e. The third-order valence-electron chi connectivity index (χ3n) is 3.24. The van der Waals surface area contributed by atoms with E-state index in [1.54, 1.807) is 0 Å². The summed E-state index contributed by atoms with van der Waals surface area (Å²) >= 11 is 4.90. The summed E-state index contributed by atoms with van der Waals surface area (Å²) in [5.74, 6) is 0.733. The number of nitrogens with one attached hydrogen (secondary N) is 1. The van der Waals surface area contributed by atoms with Gasteiger partial charge in [-0.1, -0.05) is 12.2 Å². The molecular formula is C11H18N2O2S. The van der Waals surface area contributed by atoms with Crippen LogP contribution in [-0.4, -0.2) is 30.7 Å². The van der Waals surface area contributed by atoms with Crippen molar-refractivity contribution in [1.29, 1.82) is 0 Å². The first kappa shape index (κ1) is 11.8. The van der Waals surface area contributed by atoms with Crippen molar-refractivity contribution in [2.75, 3.05) is 19.8 Å². The molecule has 1 amide bonds. The molecule has 90 valence electrons. The molecule has 0 aromatic rings. The number of nitrogens with two attached hydrogens (primary N) is 1. The Morgan fingerprint density at radius 3 is 2.69 bits per heavy atom. The molecule has 0 unspecified atom stereocenters. The average Bonchev–Trinajstić information content (AvgIpc) is 3.11. The first-order valence-electron chi connectivity index (χ1n) is 5.81. The van der Waals surface area contributed by atoms with Gasteiger partial charge in [0.25, 0.3) is 0 Å². The van der Waals surface area contributed by atoms with Crippen LogP contribution in [-0.2, 0) is 9.53 Å². The lowest BCUT2D eigenvalue weighted by atomic mass is 10.1. The minimum Gasteiger partial charge on any atom is -0.392 e. The summed E-state index contributed by atoms with van der Waals surface area (Å²) in [6.07, 6.45) is 4.15. The van der Waals surface area contributed by atoms with Crippen LogP contribution in [0.15, 0.2) is 0 Å². The second-order valence-electron chi connectivity index (χ2n) is 4.72. The Labute approximate surface area is 101 Å². The number of carbonyl (C=O) groups is 1. The molecule has 0 aromatic heterocycles. The Morgan fingerprint density at radius 1 is 1.50 bits per heavy atom. The Morgan fingerprint density at radius 2 is 2.19 bits per heavy atom. The van der Waals surface area contributed by atoms with E-state index in [2.05, 4.69) is 5.32 Å². The van der Waals surface area contributed by atoms with Gasteiger partial charge in [0, 0.05) is 13.2 Å². The van der Waals surface area contributed by atoms with Crippen molar-refractivity contribution in [1.82, 2.24) is 5.32 Å². The zero-order valence-corrected chi connectivity index (χ0v) is 10.1. The van der Waals surface area contributed by atoms with Gasteiger partial charge >= 0.3 is 0 Å². The number of thiocarbonyl (C=S) groups is 1. The normalized spacial score (nSPS) is 21.5. The van der Waals surface area contributed by atoms with Crippen molar-refractivity contribution >= 4 is 23.1 Å². The Balaban J connectivity index is 1.58. The van der Waals surface area contributed by atoms with E-state index in [1.807, 2.05) is 0 Å². The highest BCUT2D eigenvalue weighted by Gasteiger charge is 2.52. The summed E-state index contributed by atoms with van der Waals surface area (Å²) in [5, 5.41) is 2.83. The molecule has 0 bridgehead atoms. The second kappa shape index (κ2) is 4.67. The van der Waals surface area contributed by atoms with Crippen LogP contribution < -0.4 is 11.1 Å². The zero-order chi connectivity index (χ0) is 11.6. The van der Waals surface area contributed by atoms with Crippen LogP contribution in [0.2, 0.25) is 0 Å². The highest BCUT2D eigenvalue weighted by atomic mass is 32.1. The number of hydrogen-bond acceptors (Lipinski definition) is 3. The van der Waals surface area contributed by atoms with Crippen LogP contribution in [0.25, 0.3) is 0 Å². The lowest BCUT2D eigenvalue weighted by Gasteiger charge is -2.13. The molecule has 0 atom stereocenters. The van der Waals surface area contributed by atoms with Gasteiger partial charge in [-0.15, -0.1) is 0 Å². The fourth-order valence-corrected chi connectivity index (χ4v) is 1.95. The molecule has 0 spiro atoms. The Kier molecular flexibility index (Phi) is 3.44. The minimum atomic E-state index is -0.536. The van der Waals surface area contributed by atoms with E-state index >= 15 is 0 Å². The maximum atomic E-state index is 11.7. The van der Waals surface area contributed by atoms with Gasteiger partial charge in [-0.05, 0) is 31.6 Å². The van der Waals surface area contributed by atoms with Gasteiger partial charge in [-0.3, -0.25) is 4.79 Å². The molecule has 0 aromatic carbocycles. The van der Waals surface area contributed by atoms with Gasteiger partial charge in [0.15, 0.2) is 0 Å². The summed E-state index contributed by atoms with van der Waals surface area (Å²) in [6, 6.07) is 0. The van der Waals surface area contributed by atoms with Gasteiger partial charge in [-0.2, -0.15) is 0 Å². The largest absolute Gasteiger partial charge is 0.392 e. The minimum absolute atomic E-state index is 0.0324. The second-order valence-corrected chi connectivity index (χ2v) is 5.16. The van der Waals surface area contributed by atoms with E-state index in [1.165, 1.54) is 12.8 Å². The standard InChI is InChI=1S/C11H18N2O2S/c12-9(16)11(3-4-11)10(14)13-5-6-15-7-8-1-2-8/h8H,1-7H2,(H2,12,16)(H,13,14). The fourth-order valence-electron chi connectivity index (χ4n) is 1.65. The zero-order valence-electron chi connectivity index (χ0n) is 9.33. The summed E-state index contributed by atoms with van der Waals surface area (Å²) in [4.78, 5) is 12.1. The quantitative estimate of drug-likeness (QED) is 0.507. The number of rotatable bonds is 7. The first-order valence-corrected chi connectivity index (χ1v) is 6.22. The summed E-state index contributed by atoms with van der Waals surface area (Å²) in [7, 11) is 0. The molecule has 0 saturated heterocycles. The molecule has 0 heterocycles. The van der Waals surface area contributed by atoms with Crippen LogP contribution in [0.5, 0.6) is 0 Å². The Bertz CT molecular complexity index is 298. The first-order chi connectivity index (χ1) is 7.65. The average molecular weight is 242 g/mol. The number of ether oxygens (including phenoxy) is 1. The van der Waals surface area contributed by atoms with Crippen LogP contribution in [0, 0.1) is 11.3 Å². The monoisotopic (exact) mass is 242 g/mol. The Hall–Kier alpha value is -0.680. The predicted molar refractivity (Wildman–Crippen MR) is 65.0 cm³/mol. The van der Waals surface area contributed by atoms with E-state index < -0.39 is 5.41 Å². The molecule has 16 heavy (non-hydrogen) atoms. The van der Waals surface area contributed by atoms with Gasteiger partial charge in [0.2, 0.25) is 5.91 Å². The smallest absolute Gasteiger partial charge is 0.233 e. The summed E-state index contributed by atoms with van der Waals surface area (Å²) in [5.41, 5.74) is 5.02. The maximum absolute atomic E-state index is 11.7. The van der Waals surface area contributed by atoms with E-state index in [0.29, 0.717) is 18.1 Å². The van der Waals surface area contributed by atoms with Crippen LogP contribution in [0.1, 0.15) is 25.7 Å². The van der Waals surface area contributed by atoms with Crippen molar-refractivity contribution in [2.24, 2.45) is 17.1 Å². The molecule has 4 nitrogen and oxygen atoms in total. The van der Waals surface area contributed by atoms with Crippen molar-refractivity contribution in [2.45, 2.75) is 25.7 Å². The van der Waals surface area contributed by atoms with Crippen LogP contribution >= 0.6 is 12.2 Å².